The van der Waals surface area contributed by atoms with E-state index in [1.807, 2.05) is 11.0 Å². The lowest BCUT2D eigenvalue weighted by atomic mass is 9.91. The summed E-state index contributed by atoms with van der Waals surface area (Å²) in [5.41, 5.74) is 2.36. The molecule has 1 aromatic carbocycles. The highest BCUT2D eigenvalue weighted by Gasteiger charge is 2.31. The van der Waals surface area contributed by atoms with Gasteiger partial charge >= 0.3 is 0 Å². The fourth-order valence-electron chi connectivity index (χ4n) is 4.72. The second kappa shape index (κ2) is 7.45. The Morgan fingerprint density at radius 3 is 2.67 bits per heavy atom. The number of amides is 1. The molecule has 0 aliphatic carbocycles. The second-order valence-corrected chi connectivity index (χ2v) is 8.36. The molecule has 1 fully saturated rings. The highest BCUT2D eigenvalue weighted by atomic mass is 19.1. The van der Waals surface area contributed by atoms with Crippen LogP contribution in [-0.4, -0.2) is 33.4 Å². The molecule has 3 heterocycles. The molecule has 0 bridgehead atoms. The predicted molar refractivity (Wildman–Crippen MR) is 104 cm³/mol. The molecular formula is C22H28FN3O. The quantitative estimate of drug-likeness (QED) is 0.780. The Kier molecular flexibility index (Phi) is 5.02. The zero-order chi connectivity index (χ0) is 19.0. The molecule has 27 heavy (non-hydrogen) atoms. The first-order chi connectivity index (χ1) is 13.0. The fraction of sp³-hybridized carbons (Fsp3) is 0.545. The number of imidazole rings is 1. The second-order valence-electron chi connectivity index (χ2n) is 8.36. The summed E-state index contributed by atoms with van der Waals surface area (Å²) in [5.74, 6) is 1.53. The zero-order valence-electron chi connectivity index (χ0n) is 16.2. The van der Waals surface area contributed by atoms with E-state index in [0.29, 0.717) is 17.5 Å². The Morgan fingerprint density at radius 1 is 1.15 bits per heavy atom. The molecule has 4 nitrogen and oxygen atoms in total. The smallest absolute Gasteiger partial charge is 0.274 e. The van der Waals surface area contributed by atoms with Crippen molar-refractivity contribution in [1.29, 1.82) is 0 Å². The van der Waals surface area contributed by atoms with Gasteiger partial charge in [0.1, 0.15) is 17.3 Å². The average Bonchev–Trinajstić information content (AvgIpc) is 2.81. The number of fused-ring (bicyclic) bond motifs is 1. The third-order valence-electron chi connectivity index (χ3n) is 5.81. The number of aromatic nitrogens is 2. The summed E-state index contributed by atoms with van der Waals surface area (Å²) < 4.78 is 16.0. The van der Waals surface area contributed by atoms with Gasteiger partial charge in [0.2, 0.25) is 0 Å². The number of hydrogen-bond donors (Lipinski definition) is 0. The molecular weight excluding hydrogens is 341 g/mol. The van der Waals surface area contributed by atoms with Gasteiger partial charge in [-0.15, -0.1) is 0 Å². The van der Waals surface area contributed by atoms with Crippen molar-refractivity contribution in [3.63, 3.8) is 0 Å². The van der Waals surface area contributed by atoms with Crippen molar-refractivity contribution < 1.29 is 9.18 Å². The van der Waals surface area contributed by atoms with Crippen LogP contribution in [0.25, 0.3) is 11.4 Å². The number of benzene rings is 1. The lowest BCUT2D eigenvalue weighted by molar-refractivity contribution is 0.0616. The molecule has 2 aliphatic heterocycles. The van der Waals surface area contributed by atoms with Gasteiger partial charge < -0.3 is 9.47 Å². The van der Waals surface area contributed by atoms with E-state index in [1.165, 1.54) is 18.6 Å². The summed E-state index contributed by atoms with van der Waals surface area (Å²) in [6.07, 6.45) is 5.32. The van der Waals surface area contributed by atoms with Crippen LogP contribution < -0.4 is 0 Å². The van der Waals surface area contributed by atoms with Crippen LogP contribution in [0.15, 0.2) is 24.3 Å². The number of hydrogen-bond acceptors (Lipinski definition) is 2. The minimum atomic E-state index is -0.273. The molecule has 1 amide bonds. The standard InChI is InChI=1S/C22H28FN3O/c1-15-11-16(2)14-25(13-15)22(27)20-19-9-4-3-5-10-26(19)21(24-20)17-7-6-8-18(23)12-17/h6-8,12,15-16H,3-5,9-11,13-14H2,1-2H3. The fourth-order valence-corrected chi connectivity index (χ4v) is 4.72. The monoisotopic (exact) mass is 369 g/mol. The average molecular weight is 369 g/mol. The lowest BCUT2D eigenvalue weighted by Crippen LogP contribution is -2.43. The number of likely N-dealkylation sites (tertiary alicyclic amines) is 1. The number of nitrogens with zero attached hydrogens (tertiary/aromatic N) is 3. The van der Waals surface area contributed by atoms with Crippen LogP contribution in [0.2, 0.25) is 0 Å². The number of halogens is 1. The van der Waals surface area contributed by atoms with Gasteiger partial charge in [0, 0.05) is 25.2 Å². The Labute approximate surface area is 160 Å². The van der Waals surface area contributed by atoms with Crippen LogP contribution in [0.5, 0.6) is 0 Å². The Bertz CT molecular complexity index is 834. The minimum absolute atomic E-state index is 0.0432. The SMILES string of the molecule is CC1CC(C)CN(C(=O)c2nc(-c3cccc(F)c3)n3c2CCCCC3)C1. The summed E-state index contributed by atoms with van der Waals surface area (Å²) in [5, 5.41) is 0. The predicted octanol–water partition coefficient (Wildman–Crippen LogP) is 4.53. The van der Waals surface area contributed by atoms with E-state index in [-0.39, 0.29) is 11.7 Å². The normalized spacial score (nSPS) is 23.0. The van der Waals surface area contributed by atoms with Gasteiger partial charge in [-0.2, -0.15) is 0 Å². The molecule has 1 saturated heterocycles. The molecule has 0 spiro atoms. The summed E-state index contributed by atoms with van der Waals surface area (Å²) in [4.78, 5) is 20.1. The lowest BCUT2D eigenvalue weighted by Gasteiger charge is -2.34. The Morgan fingerprint density at radius 2 is 1.93 bits per heavy atom. The van der Waals surface area contributed by atoms with Crippen molar-refractivity contribution in [2.75, 3.05) is 13.1 Å². The molecule has 144 valence electrons. The maximum atomic E-state index is 13.8. The highest BCUT2D eigenvalue weighted by Crippen LogP contribution is 2.30. The maximum absolute atomic E-state index is 13.8. The van der Waals surface area contributed by atoms with Gasteiger partial charge in [-0.05, 0) is 49.7 Å². The first-order valence-corrected chi connectivity index (χ1v) is 10.2. The zero-order valence-corrected chi connectivity index (χ0v) is 16.2. The van der Waals surface area contributed by atoms with E-state index in [4.69, 9.17) is 4.98 Å². The minimum Gasteiger partial charge on any atom is -0.337 e. The molecule has 0 N–H and O–H groups in total. The Hall–Kier alpha value is -2.17. The van der Waals surface area contributed by atoms with Crippen molar-refractivity contribution in [1.82, 2.24) is 14.5 Å². The van der Waals surface area contributed by atoms with E-state index < -0.39 is 0 Å². The van der Waals surface area contributed by atoms with E-state index in [2.05, 4.69) is 18.4 Å². The van der Waals surface area contributed by atoms with Crippen LogP contribution in [0.4, 0.5) is 4.39 Å². The molecule has 2 aliphatic rings. The van der Waals surface area contributed by atoms with Crippen molar-refractivity contribution in [2.45, 2.75) is 52.5 Å². The first kappa shape index (κ1) is 18.2. The van der Waals surface area contributed by atoms with Gasteiger partial charge in [-0.25, -0.2) is 9.37 Å². The summed E-state index contributed by atoms with van der Waals surface area (Å²) >= 11 is 0. The molecule has 0 saturated carbocycles. The number of piperidine rings is 1. The number of carbonyl (C=O) groups is 1. The van der Waals surface area contributed by atoms with Crippen molar-refractivity contribution >= 4 is 5.91 Å². The summed E-state index contributed by atoms with van der Waals surface area (Å²) in [6.45, 7) is 6.85. The third kappa shape index (κ3) is 3.64. The van der Waals surface area contributed by atoms with Crippen molar-refractivity contribution in [3.8, 4) is 11.4 Å². The number of carbonyl (C=O) groups excluding carboxylic acids is 1. The number of rotatable bonds is 2. The largest absolute Gasteiger partial charge is 0.337 e. The van der Waals surface area contributed by atoms with Gasteiger partial charge in [-0.3, -0.25) is 4.79 Å². The molecule has 5 heteroatoms. The van der Waals surface area contributed by atoms with E-state index >= 15 is 0 Å². The van der Waals surface area contributed by atoms with E-state index in [0.717, 1.165) is 62.4 Å². The molecule has 1 aromatic heterocycles. The van der Waals surface area contributed by atoms with Crippen molar-refractivity contribution in [2.24, 2.45) is 11.8 Å². The van der Waals surface area contributed by atoms with E-state index in [1.54, 1.807) is 6.07 Å². The van der Waals surface area contributed by atoms with Gasteiger partial charge in [-0.1, -0.05) is 32.4 Å². The summed E-state index contributed by atoms with van der Waals surface area (Å²) in [7, 11) is 0. The van der Waals surface area contributed by atoms with Crippen LogP contribution in [-0.2, 0) is 13.0 Å². The van der Waals surface area contributed by atoms with Gasteiger partial charge in [0.25, 0.3) is 5.91 Å². The topological polar surface area (TPSA) is 38.1 Å². The summed E-state index contributed by atoms with van der Waals surface area (Å²) in [6, 6.07) is 6.54. The molecule has 2 atom stereocenters. The highest BCUT2D eigenvalue weighted by molar-refractivity contribution is 5.94. The van der Waals surface area contributed by atoms with Crippen molar-refractivity contribution in [3.05, 3.63) is 41.5 Å². The first-order valence-electron chi connectivity index (χ1n) is 10.2. The van der Waals surface area contributed by atoms with Gasteiger partial charge in [0.05, 0.1) is 5.69 Å². The third-order valence-corrected chi connectivity index (χ3v) is 5.81. The van der Waals surface area contributed by atoms with E-state index in [9.17, 15) is 9.18 Å². The van der Waals surface area contributed by atoms with Crippen LogP contribution in [0, 0.1) is 17.7 Å². The van der Waals surface area contributed by atoms with Crippen LogP contribution in [0.3, 0.4) is 0 Å². The van der Waals surface area contributed by atoms with Crippen LogP contribution in [0.1, 0.15) is 55.7 Å². The van der Waals surface area contributed by atoms with Crippen LogP contribution >= 0.6 is 0 Å². The molecule has 2 unspecified atom stereocenters. The Balaban J connectivity index is 1.75. The maximum Gasteiger partial charge on any atom is 0.274 e. The molecule has 0 radical (unpaired) electrons. The molecule has 4 rings (SSSR count). The van der Waals surface area contributed by atoms with Gasteiger partial charge in [0.15, 0.2) is 0 Å². The molecule has 2 aromatic rings.